The van der Waals surface area contributed by atoms with Crippen LogP contribution in [0.1, 0.15) is 45.6 Å². The molecule has 0 saturated carbocycles. The number of benzene rings is 1. The topological polar surface area (TPSA) is 108 Å². The minimum atomic E-state index is -3.51. The van der Waals surface area contributed by atoms with Gasteiger partial charge >= 0.3 is 0 Å². The van der Waals surface area contributed by atoms with Crippen molar-refractivity contribution >= 4 is 21.8 Å². The Bertz CT molecular complexity index is 825. The van der Waals surface area contributed by atoms with E-state index >= 15 is 0 Å². The van der Waals surface area contributed by atoms with Crippen LogP contribution < -0.4 is 15.4 Å². The molecule has 9 heteroatoms. The van der Waals surface area contributed by atoms with Gasteiger partial charge in [0.2, 0.25) is 21.8 Å². The first-order valence-corrected chi connectivity index (χ1v) is 12.6. The summed E-state index contributed by atoms with van der Waals surface area (Å²) < 4.78 is 27.6. The summed E-state index contributed by atoms with van der Waals surface area (Å²) in [5, 5.41) is 5.85. The maximum atomic E-state index is 13.3. The lowest BCUT2D eigenvalue weighted by Crippen LogP contribution is -2.56. The Hall–Kier alpha value is -1.97. The molecule has 1 aliphatic rings. The van der Waals surface area contributed by atoms with Gasteiger partial charge in [-0.25, -0.2) is 13.1 Å². The van der Waals surface area contributed by atoms with E-state index in [0.717, 1.165) is 12.8 Å². The van der Waals surface area contributed by atoms with Gasteiger partial charge in [-0.2, -0.15) is 0 Å². The third kappa shape index (κ3) is 7.29. The van der Waals surface area contributed by atoms with E-state index in [2.05, 4.69) is 15.4 Å². The highest BCUT2D eigenvalue weighted by molar-refractivity contribution is 7.88. The molecule has 0 aliphatic carbocycles. The van der Waals surface area contributed by atoms with Crippen molar-refractivity contribution in [1.82, 2.24) is 20.3 Å². The SMILES string of the molecule is CCC(NC)C(=O)NC(C(=O)N1CCCC1CNS(=O)(=O)Cc1ccccc1)C(C)C. The number of nitrogens with zero attached hydrogens (tertiary/aromatic N) is 1. The third-order valence-electron chi connectivity index (χ3n) is 5.70. The molecule has 1 fully saturated rings. The zero-order valence-corrected chi connectivity index (χ0v) is 19.7. The minimum Gasteiger partial charge on any atom is -0.343 e. The van der Waals surface area contributed by atoms with Crippen molar-refractivity contribution in [3.63, 3.8) is 0 Å². The predicted molar refractivity (Wildman–Crippen MR) is 122 cm³/mol. The molecule has 1 saturated heterocycles. The molecule has 3 atom stereocenters. The first-order chi connectivity index (χ1) is 14.7. The lowest BCUT2D eigenvalue weighted by atomic mass is 10.0. The maximum Gasteiger partial charge on any atom is 0.245 e. The van der Waals surface area contributed by atoms with Gasteiger partial charge in [0.1, 0.15) is 6.04 Å². The first kappa shape index (κ1) is 25.3. The Labute approximate surface area is 186 Å². The summed E-state index contributed by atoms with van der Waals surface area (Å²) in [6.07, 6.45) is 2.16. The molecule has 8 nitrogen and oxygen atoms in total. The fourth-order valence-electron chi connectivity index (χ4n) is 3.87. The van der Waals surface area contributed by atoms with Gasteiger partial charge < -0.3 is 15.5 Å². The molecule has 1 aliphatic heterocycles. The second-order valence-electron chi connectivity index (χ2n) is 8.40. The molecule has 31 heavy (non-hydrogen) atoms. The molecule has 1 aromatic rings. The Morgan fingerprint density at radius 3 is 2.45 bits per heavy atom. The van der Waals surface area contributed by atoms with E-state index in [4.69, 9.17) is 0 Å². The van der Waals surface area contributed by atoms with Crippen LogP contribution in [0.4, 0.5) is 0 Å². The highest BCUT2D eigenvalue weighted by Gasteiger charge is 2.36. The van der Waals surface area contributed by atoms with Crippen LogP contribution in [0.15, 0.2) is 30.3 Å². The second-order valence-corrected chi connectivity index (χ2v) is 10.2. The third-order valence-corrected chi connectivity index (χ3v) is 7.02. The maximum absolute atomic E-state index is 13.3. The van der Waals surface area contributed by atoms with Gasteiger partial charge in [0.15, 0.2) is 0 Å². The van der Waals surface area contributed by atoms with E-state index in [9.17, 15) is 18.0 Å². The largest absolute Gasteiger partial charge is 0.343 e. The number of rotatable bonds is 11. The lowest BCUT2D eigenvalue weighted by Gasteiger charge is -2.32. The van der Waals surface area contributed by atoms with Crippen molar-refractivity contribution in [2.24, 2.45) is 5.92 Å². The summed E-state index contributed by atoms with van der Waals surface area (Å²) in [4.78, 5) is 27.5. The molecule has 1 heterocycles. The molecule has 2 rings (SSSR count). The normalized spacial score (nSPS) is 18.7. The average molecular weight is 453 g/mol. The molecule has 0 spiro atoms. The lowest BCUT2D eigenvalue weighted by molar-refractivity contribution is -0.138. The van der Waals surface area contributed by atoms with Crippen molar-refractivity contribution < 1.29 is 18.0 Å². The molecule has 0 aromatic heterocycles. The smallest absolute Gasteiger partial charge is 0.245 e. The number of carbonyl (C=O) groups excluding carboxylic acids is 2. The van der Waals surface area contributed by atoms with Crippen LogP contribution >= 0.6 is 0 Å². The van der Waals surface area contributed by atoms with E-state index in [-0.39, 0.29) is 42.1 Å². The number of amides is 2. The van der Waals surface area contributed by atoms with Crippen LogP contribution in [-0.4, -0.2) is 63.4 Å². The van der Waals surface area contributed by atoms with Crippen molar-refractivity contribution in [3.05, 3.63) is 35.9 Å². The summed E-state index contributed by atoms with van der Waals surface area (Å²) in [6, 6.07) is 7.78. The molecular weight excluding hydrogens is 416 g/mol. The fraction of sp³-hybridized carbons (Fsp3) is 0.636. The van der Waals surface area contributed by atoms with E-state index < -0.39 is 16.1 Å². The predicted octanol–water partition coefficient (Wildman–Crippen LogP) is 1.24. The Morgan fingerprint density at radius 1 is 1.19 bits per heavy atom. The van der Waals surface area contributed by atoms with Gasteiger partial charge in [-0.1, -0.05) is 51.1 Å². The molecule has 1 aromatic carbocycles. The Balaban J connectivity index is 2.01. The van der Waals surface area contributed by atoms with Crippen LogP contribution in [0.5, 0.6) is 0 Å². The molecule has 3 unspecified atom stereocenters. The van der Waals surface area contributed by atoms with Crippen molar-refractivity contribution in [1.29, 1.82) is 0 Å². The van der Waals surface area contributed by atoms with E-state index in [1.54, 1.807) is 36.2 Å². The van der Waals surface area contributed by atoms with Crippen LogP contribution in [0.3, 0.4) is 0 Å². The number of sulfonamides is 1. The Morgan fingerprint density at radius 2 is 1.87 bits per heavy atom. The van der Waals surface area contributed by atoms with Crippen molar-refractivity contribution in [2.75, 3.05) is 20.1 Å². The van der Waals surface area contributed by atoms with Crippen molar-refractivity contribution in [3.8, 4) is 0 Å². The molecular formula is C22H36N4O4S. The molecule has 3 N–H and O–H groups in total. The minimum absolute atomic E-state index is 0.0816. The number of likely N-dealkylation sites (N-methyl/N-ethyl adjacent to an activating group) is 1. The molecule has 0 bridgehead atoms. The quantitative estimate of drug-likeness (QED) is 0.468. The van der Waals surface area contributed by atoms with Crippen molar-refractivity contribution in [2.45, 2.75) is 63.9 Å². The van der Waals surface area contributed by atoms with E-state index in [1.165, 1.54) is 0 Å². The van der Waals surface area contributed by atoms with Crippen LogP contribution in [-0.2, 0) is 25.4 Å². The summed E-state index contributed by atoms with van der Waals surface area (Å²) in [7, 11) is -1.79. The van der Waals surface area contributed by atoms with E-state index in [1.807, 2.05) is 26.8 Å². The van der Waals surface area contributed by atoms with Gasteiger partial charge in [0.05, 0.1) is 11.8 Å². The first-order valence-electron chi connectivity index (χ1n) is 11.0. The summed E-state index contributed by atoms with van der Waals surface area (Å²) >= 11 is 0. The van der Waals surface area contributed by atoms with Gasteiger partial charge in [-0.05, 0) is 37.8 Å². The molecule has 0 radical (unpaired) electrons. The number of carbonyl (C=O) groups is 2. The fourth-order valence-corrected chi connectivity index (χ4v) is 5.05. The summed E-state index contributed by atoms with van der Waals surface area (Å²) in [5.74, 6) is -0.529. The highest BCUT2D eigenvalue weighted by atomic mass is 32.2. The van der Waals surface area contributed by atoms with Gasteiger partial charge in [-0.15, -0.1) is 0 Å². The zero-order chi connectivity index (χ0) is 23.0. The molecule has 2 amide bonds. The van der Waals surface area contributed by atoms with Gasteiger partial charge in [0.25, 0.3) is 0 Å². The highest BCUT2D eigenvalue weighted by Crippen LogP contribution is 2.20. The van der Waals surface area contributed by atoms with Gasteiger partial charge in [0, 0.05) is 19.1 Å². The summed E-state index contributed by atoms with van der Waals surface area (Å²) in [5.41, 5.74) is 0.715. The van der Waals surface area contributed by atoms with Crippen LogP contribution in [0.2, 0.25) is 0 Å². The van der Waals surface area contributed by atoms with Crippen LogP contribution in [0, 0.1) is 5.92 Å². The Kier molecular flexibility index (Phi) is 9.46. The average Bonchev–Trinajstić information content (AvgIpc) is 3.20. The standard InChI is InChI=1S/C22H36N4O4S/c1-5-19(23-4)21(27)25-20(16(2)3)22(28)26-13-9-12-18(26)14-24-31(29,30)15-17-10-7-6-8-11-17/h6-8,10-11,16,18-20,23-24H,5,9,12-15H2,1-4H3,(H,25,27). The molecule has 174 valence electrons. The number of nitrogens with one attached hydrogen (secondary N) is 3. The number of likely N-dealkylation sites (tertiary alicyclic amines) is 1. The zero-order valence-electron chi connectivity index (χ0n) is 18.9. The number of hydrogen-bond donors (Lipinski definition) is 3. The van der Waals surface area contributed by atoms with E-state index in [0.29, 0.717) is 18.5 Å². The number of hydrogen-bond acceptors (Lipinski definition) is 5. The second kappa shape index (κ2) is 11.6. The van der Waals surface area contributed by atoms with Gasteiger partial charge in [-0.3, -0.25) is 9.59 Å². The monoisotopic (exact) mass is 452 g/mol. The summed E-state index contributed by atoms with van der Waals surface area (Å²) in [6.45, 7) is 6.44. The van der Waals surface area contributed by atoms with Crippen LogP contribution in [0.25, 0.3) is 0 Å².